The van der Waals surface area contributed by atoms with Crippen LogP contribution >= 0.6 is 0 Å². The van der Waals surface area contributed by atoms with Crippen molar-refractivity contribution >= 4 is 11.6 Å². The highest BCUT2D eigenvalue weighted by atomic mass is 15.3. The maximum Gasteiger partial charge on any atom is 0.191 e. The molecule has 0 aliphatic heterocycles. The first-order chi connectivity index (χ1) is 13.8. The van der Waals surface area contributed by atoms with Gasteiger partial charge >= 0.3 is 0 Å². The maximum absolute atomic E-state index is 4.46. The standard InChI is InChI=1S/C20H22N8/c1-21-20(24-14-19-26-25-17-9-5-6-11-28(17)19)23-13-18-22-10-12-27(18)15-16-7-3-2-4-8-16/h2-12H,13-15H2,1H3,(H2,21,23,24). The second-order valence-electron chi connectivity index (χ2n) is 6.28. The number of guanidine groups is 1. The van der Waals surface area contributed by atoms with E-state index in [2.05, 4.69) is 47.5 Å². The highest BCUT2D eigenvalue weighted by Gasteiger charge is 2.08. The third kappa shape index (κ3) is 4.01. The second-order valence-corrected chi connectivity index (χ2v) is 6.28. The molecular formula is C20H22N8. The first kappa shape index (κ1) is 17.7. The Kier molecular flexibility index (Phi) is 5.28. The van der Waals surface area contributed by atoms with Gasteiger partial charge in [0.1, 0.15) is 5.82 Å². The van der Waals surface area contributed by atoms with Crippen LogP contribution in [0.15, 0.2) is 72.1 Å². The van der Waals surface area contributed by atoms with E-state index in [0.717, 1.165) is 23.8 Å². The van der Waals surface area contributed by atoms with E-state index >= 15 is 0 Å². The summed E-state index contributed by atoms with van der Waals surface area (Å²) in [7, 11) is 1.74. The van der Waals surface area contributed by atoms with Crippen molar-refractivity contribution in [2.45, 2.75) is 19.6 Å². The van der Waals surface area contributed by atoms with Crippen LogP contribution in [0.3, 0.4) is 0 Å². The minimum absolute atomic E-state index is 0.517. The summed E-state index contributed by atoms with van der Waals surface area (Å²) in [6.07, 6.45) is 5.75. The molecule has 0 radical (unpaired) electrons. The number of imidazole rings is 1. The van der Waals surface area contributed by atoms with Gasteiger partial charge in [-0.1, -0.05) is 36.4 Å². The van der Waals surface area contributed by atoms with Gasteiger partial charge in [0.2, 0.25) is 0 Å². The number of rotatable bonds is 6. The van der Waals surface area contributed by atoms with E-state index in [-0.39, 0.29) is 0 Å². The zero-order valence-corrected chi connectivity index (χ0v) is 15.7. The van der Waals surface area contributed by atoms with Gasteiger partial charge in [0, 0.05) is 32.2 Å². The lowest BCUT2D eigenvalue weighted by Gasteiger charge is -2.12. The molecule has 0 saturated carbocycles. The van der Waals surface area contributed by atoms with Crippen molar-refractivity contribution in [2.75, 3.05) is 7.05 Å². The van der Waals surface area contributed by atoms with E-state index in [0.29, 0.717) is 19.0 Å². The first-order valence-corrected chi connectivity index (χ1v) is 9.10. The second kappa shape index (κ2) is 8.34. The number of nitrogens with one attached hydrogen (secondary N) is 2. The fraction of sp³-hybridized carbons (Fsp3) is 0.200. The lowest BCUT2D eigenvalue weighted by Crippen LogP contribution is -2.37. The molecule has 142 valence electrons. The third-order valence-corrected chi connectivity index (χ3v) is 4.43. The summed E-state index contributed by atoms with van der Waals surface area (Å²) in [5.41, 5.74) is 2.06. The van der Waals surface area contributed by atoms with Crippen molar-refractivity contribution in [1.82, 2.24) is 34.8 Å². The number of hydrogen-bond acceptors (Lipinski definition) is 4. The molecule has 3 aromatic heterocycles. The molecule has 0 saturated heterocycles. The van der Waals surface area contributed by atoms with E-state index in [9.17, 15) is 0 Å². The predicted octanol–water partition coefficient (Wildman–Crippen LogP) is 1.84. The maximum atomic E-state index is 4.46. The molecule has 0 atom stereocenters. The zero-order chi connectivity index (χ0) is 19.2. The lowest BCUT2D eigenvalue weighted by atomic mass is 10.2. The number of aromatic nitrogens is 5. The zero-order valence-electron chi connectivity index (χ0n) is 15.7. The third-order valence-electron chi connectivity index (χ3n) is 4.43. The molecule has 4 aromatic rings. The van der Waals surface area contributed by atoms with Crippen LogP contribution in [-0.4, -0.2) is 37.2 Å². The molecular weight excluding hydrogens is 352 g/mol. The number of hydrogen-bond donors (Lipinski definition) is 2. The molecule has 8 heteroatoms. The minimum atomic E-state index is 0.517. The molecule has 28 heavy (non-hydrogen) atoms. The average molecular weight is 374 g/mol. The predicted molar refractivity (Wildman–Crippen MR) is 108 cm³/mol. The lowest BCUT2D eigenvalue weighted by molar-refractivity contribution is 0.684. The number of nitrogens with zero attached hydrogens (tertiary/aromatic N) is 6. The molecule has 0 fully saturated rings. The van der Waals surface area contributed by atoms with E-state index in [1.54, 1.807) is 7.05 Å². The highest BCUT2D eigenvalue weighted by Crippen LogP contribution is 2.06. The molecule has 0 aliphatic carbocycles. The van der Waals surface area contributed by atoms with Crippen molar-refractivity contribution in [3.63, 3.8) is 0 Å². The fourth-order valence-electron chi connectivity index (χ4n) is 2.99. The Morgan fingerprint density at radius 1 is 0.929 bits per heavy atom. The topological polar surface area (TPSA) is 84.4 Å². The molecule has 0 bridgehead atoms. The molecule has 0 aliphatic rings. The van der Waals surface area contributed by atoms with Gasteiger partial charge in [-0.3, -0.25) is 9.39 Å². The Bertz CT molecular complexity index is 1060. The summed E-state index contributed by atoms with van der Waals surface area (Å²) in [5, 5.41) is 15.0. The van der Waals surface area contributed by atoms with Gasteiger partial charge in [-0.2, -0.15) is 0 Å². The smallest absolute Gasteiger partial charge is 0.191 e. The van der Waals surface area contributed by atoms with E-state index in [1.165, 1.54) is 5.56 Å². The number of fused-ring (bicyclic) bond motifs is 1. The van der Waals surface area contributed by atoms with Crippen molar-refractivity contribution in [3.05, 3.63) is 84.3 Å². The molecule has 0 unspecified atom stereocenters. The van der Waals surface area contributed by atoms with Crippen molar-refractivity contribution < 1.29 is 0 Å². The van der Waals surface area contributed by atoms with Gasteiger partial charge in [0.15, 0.2) is 17.4 Å². The van der Waals surface area contributed by atoms with Gasteiger partial charge in [0.05, 0.1) is 13.1 Å². The van der Waals surface area contributed by atoms with Gasteiger partial charge in [-0.05, 0) is 17.7 Å². The van der Waals surface area contributed by atoms with Crippen LogP contribution in [-0.2, 0) is 19.6 Å². The van der Waals surface area contributed by atoms with Crippen LogP contribution in [0, 0.1) is 0 Å². The van der Waals surface area contributed by atoms with Crippen LogP contribution in [0.2, 0.25) is 0 Å². The van der Waals surface area contributed by atoms with Gasteiger partial charge in [-0.25, -0.2) is 4.98 Å². The number of aliphatic imine (C=N–C) groups is 1. The summed E-state index contributed by atoms with van der Waals surface area (Å²) in [4.78, 5) is 8.74. The molecule has 4 rings (SSSR count). The van der Waals surface area contributed by atoms with E-state index < -0.39 is 0 Å². The SMILES string of the molecule is CN=C(NCc1nccn1Cc1ccccc1)NCc1nnc2ccccn12. The van der Waals surface area contributed by atoms with Crippen LogP contribution in [0.1, 0.15) is 17.2 Å². The fourth-order valence-corrected chi connectivity index (χ4v) is 2.99. The Hall–Kier alpha value is -3.68. The molecule has 0 spiro atoms. The largest absolute Gasteiger partial charge is 0.349 e. The Labute approximate surface area is 163 Å². The first-order valence-electron chi connectivity index (χ1n) is 9.10. The van der Waals surface area contributed by atoms with Crippen LogP contribution in [0.4, 0.5) is 0 Å². The molecule has 1 aromatic carbocycles. The Morgan fingerprint density at radius 3 is 2.54 bits per heavy atom. The molecule has 8 nitrogen and oxygen atoms in total. The normalized spacial score (nSPS) is 11.7. The van der Waals surface area contributed by atoms with E-state index in [1.807, 2.05) is 59.4 Å². The summed E-state index contributed by atoms with van der Waals surface area (Å²) >= 11 is 0. The molecule has 3 heterocycles. The molecule has 2 N–H and O–H groups in total. The monoisotopic (exact) mass is 374 g/mol. The summed E-state index contributed by atoms with van der Waals surface area (Å²) < 4.78 is 4.08. The van der Waals surface area contributed by atoms with Crippen molar-refractivity contribution in [2.24, 2.45) is 4.99 Å². The minimum Gasteiger partial charge on any atom is -0.349 e. The van der Waals surface area contributed by atoms with Crippen molar-refractivity contribution in [3.8, 4) is 0 Å². The summed E-state index contributed by atoms with van der Waals surface area (Å²) in [5.74, 6) is 2.45. The van der Waals surface area contributed by atoms with Gasteiger partial charge < -0.3 is 15.2 Å². The highest BCUT2D eigenvalue weighted by molar-refractivity contribution is 5.79. The Morgan fingerprint density at radius 2 is 1.71 bits per heavy atom. The average Bonchev–Trinajstić information content (AvgIpc) is 3.36. The van der Waals surface area contributed by atoms with Crippen LogP contribution in [0.5, 0.6) is 0 Å². The quantitative estimate of drug-likeness (QED) is 0.397. The summed E-state index contributed by atoms with van der Waals surface area (Å²) in [6.45, 7) is 1.87. The Balaban J connectivity index is 1.36. The number of benzene rings is 1. The van der Waals surface area contributed by atoms with Gasteiger partial charge in [-0.15, -0.1) is 10.2 Å². The molecule has 0 amide bonds. The van der Waals surface area contributed by atoms with Crippen molar-refractivity contribution in [1.29, 1.82) is 0 Å². The number of pyridine rings is 1. The van der Waals surface area contributed by atoms with Gasteiger partial charge in [0.25, 0.3) is 0 Å². The van der Waals surface area contributed by atoms with E-state index in [4.69, 9.17) is 0 Å². The van der Waals surface area contributed by atoms with Crippen LogP contribution < -0.4 is 10.6 Å². The summed E-state index contributed by atoms with van der Waals surface area (Å²) in [6, 6.07) is 16.2. The van der Waals surface area contributed by atoms with Crippen LogP contribution in [0.25, 0.3) is 5.65 Å².